The number of nitrogens with one attached hydrogen (secondary N) is 1. The molecule has 11 nitrogen and oxygen atoms in total. The van der Waals surface area contributed by atoms with Gasteiger partial charge in [-0.25, -0.2) is 14.4 Å². The molecule has 0 saturated carbocycles. The summed E-state index contributed by atoms with van der Waals surface area (Å²) >= 11 is 0. The van der Waals surface area contributed by atoms with Gasteiger partial charge in [-0.2, -0.15) is 0 Å². The van der Waals surface area contributed by atoms with Crippen LogP contribution in [0.3, 0.4) is 0 Å². The zero-order chi connectivity index (χ0) is 29.2. The number of unbranched alkanes of at least 4 members (excludes halogenated alkanes) is 2. The molecule has 11 heteroatoms. The number of ether oxygens (including phenoxy) is 5. The van der Waals surface area contributed by atoms with E-state index in [-0.39, 0.29) is 13.2 Å². The Balaban J connectivity index is 2.33. The van der Waals surface area contributed by atoms with E-state index in [0.717, 1.165) is 12.0 Å². The third-order valence-corrected chi connectivity index (χ3v) is 5.74. The van der Waals surface area contributed by atoms with E-state index < -0.39 is 47.8 Å². The van der Waals surface area contributed by atoms with Crippen LogP contribution in [0.15, 0.2) is 24.3 Å². The molecule has 1 aromatic carbocycles. The maximum atomic E-state index is 13.3. The van der Waals surface area contributed by atoms with Crippen molar-refractivity contribution in [2.75, 3.05) is 26.8 Å². The van der Waals surface area contributed by atoms with Crippen molar-refractivity contribution in [3.63, 3.8) is 0 Å². The number of carbonyl (C=O) groups excluding carboxylic acids is 3. The summed E-state index contributed by atoms with van der Waals surface area (Å²) in [5.74, 6) is 0.675. The van der Waals surface area contributed by atoms with Gasteiger partial charge in [0.1, 0.15) is 17.0 Å². The largest absolute Gasteiger partial charge is 0.509 e. The van der Waals surface area contributed by atoms with Crippen LogP contribution in [0.4, 0.5) is 14.4 Å². The number of alkyl carbamates (subject to hydrolysis) is 1. The lowest BCUT2D eigenvalue weighted by Crippen LogP contribution is -2.46. The highest BCUT2D eigenvalue weighted by molar-refractivity contribution is 5.71. The summed E-state index contributed by atoms with van der Waals surface area (Å²) in [7, 11) is 1.57. The summed E-state index contributed by atoms with van der Waals surface area (Å²) in [4.78, 5) is 40.1. The van der Waals surface area contributed by atoms with E-state index in [4.69, 9.17) is 28.8 Å². The van der Waals surface area contributed by atoms with Crippen molar-refractivity contribution in [2.24, 2.45) is 0 Å². The van der Waals surface area contributed by atoms with Gasteiger partial charge in [0.2, 0.25) is 0 Å². The molecule has 0 aliphatic carbocycles. The van der Waals surface area contributed by atoms with Crippen LogP contribution in [0.2, 0.25) is 0 Å². The predicted octanol–water partition coefficient (Wildman–Crippen LogP) is 4.43. The Morgan fingerprint density at radius 3 is 2.15 bits per heavy atom. The molecule has 1 aliphatic rings. The summed E-state index contributed by atoms with van der Waals surface area (Å²) in [6.45, 7) is 10.8. The number of aliphatic hydroxyl groups excluding tert-OH is 1. The van der Waals surface area contributed by atoms with Crippen molar-refractivity contribution in [1.29, 1.82) is 0 Å². The summed E-state index contributed by atoms with van der Waals surface area (Å²) in [5.41, 5.74) is -0.718. The van der Waals surface area contributed by atoms with Crippen LogP contribution in [0.25, 0.3) is 0 Å². The van der Waals surface area contributed by atoms with Crippen molar-refractivity contribution in [3.05, 3.63) is 29.8 Å². The fourth-order valence-electron chi connectivity index (χ4n) is 4.04. The summed E-state index contributed by atoms with van der Waals surface area (Å²) in [5, 5.41) is 11.6. The van der Waals surface area contributed by atoms with Crippen LogP contribution < -0.4 is 10.1 Å². The summed E-state index contributed by atoms with van der Waals surface area (Å²) in [6.07, 6.45) is -1.89. The monoisotopic (exact) mass is 552 g/mol. The van der Waals surface area contributed by atoms with Gasteiger partial charge in [0.25, 0.3) is 0 Å². The average Bonchev–Trinajstić information content (AvgIpc) is 3.13. The minimum atomic E-state index is -0.996. The zero-order valence-electron chi connectivity index (χ0n) is 24.2. The first-order valence-electron chi connectivity index (χ1n) is 13.3. The van der Waals surface area contributed by atoms with Gasteiger partial charge in [0, 0.05) is 13.2 Å². The molecular weight excluding hydrogens is 508 g/mol. The molecular formula is C28H44N2O9. The number of methoxy groups -OCH3 is 1. The molecule has 2 rings (SSSR count). The highest BCUT2D eigenvalue weighted by atomic mass is 16.7. The van der Waals surface area contributed by atoms with E-state index in [1.807, 2.05) is 12.1 Å². The quantitative estimate of drug-likeness (QED) is 0.246. The molecule has 39 heavy (non-hydrogen) atoms. The number of hydrogen-bond donors (Lipinski definition) is 2. The number of nitrogens with zero attached hydrogens (tertiary/aromatic N) is 1. The molecule has 0 radical (unpaired) electrons. The van der Waals surface area contributed by atoms with E-state index in [9.17, 15) is 14.4 Å². The second-order valence-electron chi connectivity index (χ2n) is 11.5. The maximum absolute atomic E-state index is 13.3. The molecule has 1 fully saturated rings. The number of amides is 2. The number of hydrogen-bond acceptors (Lipinski definition) is 9. The minimum Gasteiger partial charge on any atom is -0.497 e. The molecule has 0 aromatic heterocycles. The van der Waals surface area contributed by atoms with E-state index in [2.05, 4.69) is 5.32 Å². The number of likely N-dealkylation sites (tertiary alicyclic amines) is 1. The van der Waals surface area contributed by atoms with Crippen LogP contribution in [0, 0.1) is 0 Å². The first kappa shape index (κ1) is 32.0. The van der Waals surface area contributed by atoms with Crippen LogP contribution >= 0.6 is 0 Å². The number of carbonyl (C=O) groups is 3. The lowest BCUT2D eigenvalue weighted by atomic mass is 10.0. The number of aliphatic hydroxyl groups is 1. The van der Waals surface area contributed by atoms with Crippen molar-refractivity contribution in [1.82, 2.24) is 10.2 Å². The fraction of sp³-hybridized carbons (Fsp3) is 0.679. The van der Waals surface area contributed by atoms with Gasteiger partial charge in [-0.3, -0.25) is 4.90 Å². The molecule has 1 aromatic rings. The fourth-order valence-corrected chi connectivity index (χ4v) is 4.04. The lowest BCUT2D eigenvalue weighted by molar-refractivity contribution is -0.0517. The molecule has 220 valence electrons. The van der Waals surface area contributed by atoms with Crippen LogP contribution in [-0.2, 0) is 25.4 Å². The van der Waals surface area contributed by atoms with E-state index in [1.54, 1.807) is 60.8 Å². The number of benzene rings is 1. The van der Waals surface area contributed by atoms with Gasteiger partial charge in [-0.05, 0) is 84.9 Å². The Morgan fingerprint density at radius 1 is 0.949 bits per heavy atom. The van der Waals surface area contributed by atoms with Crippen LogP contribution in [-0.4, -0.2) is 84.6 Å². The molecule has 1 aliphatic heterocycles. The van der Waals surface area contributed by atoms with E-state index in [0.29, 0.717) is 31.6 Å². The highest BCUT2D eigenvalue weighted by Gasteiger charge is 2.50. The summed E-state index contributed by atoms with van der Waals surface area (Å²) in [6, 6.07) is 6.61. The Hall–Kier alpha value is -3.21. The lowest BCUT2D eigenvalue weighted by Gasteiger charge is -2.30. The smallest absolute Gasteiger partial charge is 0.497 e. The van der Waals surface area contributed by atoms with Gasteiger partial charge < -0.3 is 34.1 Å². The van der Waals surface area contributed by atoms with Gasteiger partial charge in [-0.1, -0.05) is 12.1 Å². The van der Waals surface area contributed by atoms with Crippen molar-refractivity contribution in [3.8, 4) is 5.75 Å². The van der Waals surface area contributed by atoms with Crippen molar-refractivity contribution < 1.29 is 43.2 Å². The Morgan fingerprint density at radius 2 is 1.59 bits per heavy atom. The van der Waals surface area contributed by atoms with E-state index in [1.165, 1.54) is 4.90 Å². The summed E-state index contributed by atoms with van der Waals surface area (Å²) < 4.78 is 27.6. The van der Waals surface area contributed by atoms with Crippen molar-refractivity contribution >= 4 is 18.3 Å². The molecule has 0 spiro atoms. The first-order valence-corrected chi connectivity index (χ1v) is 13.3. The number of rotatable bonds is 10. The van der Waals surface area contributed by atoms with Crippen molar-refractivity contribution in [2.45, 2.75) is 96.7 Å². The topological polar surface area (TPSA) is 133 Å². The second kappa shape index (κ2) is 14.3. The standard InChI is InChI=1S/C28H44N2O9/c1-27(2,3)38-25(33)30-18-22(36-26(34)39-28(4,5)6)23(37-24(32)29-15-9-8-10-16-31)21(30)17-19-11-13-20(35-7)14-12-19/h11-14,21-23,31H,8-10,15-18H2,1-7H3,(H,29,32)/t21-,22+,23+/m1/s1. The Kier molecular flexibility index (Phi) is 11.7. The maximum Gasteiger partial charge on any atom is 0.509 e. The molecule has 1 heterocycles. The third-order valence-electron chi connectivity index (χ3n) is 5.74. The molecule has 3 atom stereocenters. The molecule has 0 bridgehead atoms. The Bertz CT molecular complexity index is 938. The predicted molar refractivity (Wildman–Crippen MR) is 144 cm³/mol. The molecule has 1 saturated heterocycles. The molecule has 2 N–H and O–H groups in total. The zero-order valence-corrected chi connectivity index (χ0v) is 24.2. The second-order valence-corrected chi connectivity index (χ2v) is 11.5. The molecule has 0 unspecified atom stereocenters. The van der Waals surface area contributed by atoms with Gasteiger partial charge >= 0.3 is 18.3 Å². The van der Waals surface area contributed by atoms with Crippen LogP contribution in [0.1, 0.15) is 66.4 Å². The van der Waals surface area contributed by atoms with Gasteiger partial charge in [0.05, 0.1) is 19.7 Å². The first-order chi connectivity index (χ1) is 18.2. The normalized spacial score (nSPS) is 19.3. The van der Waals surface area contributed by atoms with E-state index >= 15 is 0 Å². The van der Waals surface area contributed by atoms with Gasteiger partial charge in [0.15, 0.2) is 12.2 Å². The van der Waals surface area contributed by atoms with Crippen LogP contribution in [0.5, 0.6) is 5.75 Å². The average molecular weight is 553 g/mol. The Labute approximate surface area is 231 Å². The van der Waals surface area contributed by atoms with Gasteiger partial charge in [-0.15, -0.1) is 0 Å². The third kappa shape index (κ3) is 11.2. The minimum absolute atomic E-state index is 0.0522. The molecule has 2 amide bonds. The SMILES string of the molecule is COc1ccc(C[C@@H]2[C@H](OC(=O)NCCCCCO)[C@@H](OC(=O)OC(C)(C)C)CN2C(=O)OC(C)(C)C)cc1. The highest BCUT2D eigenvalue weighted by Crippen LogP contribution is 2.30.